The Morgan fingerprint density at radius 1 is 0.923 bits per heavy atom. The molecule has 5 rings (SSSR count). The lowest BCUT2D eigenvalue weighted by Crippen LogP contribution is -2.48. The highest BCUT2D eigenvalue weighted by molar-refractivity contribution is 5.96. The molecule has 2 aliphatic rings. The lowest BCUT2D eigenvalue weighted by atomic mass is 9.81. The lowest BCUT2D eigenvalue weighted by Gasteiger charge is -2.34. The number of hydrogen-bond acceptors (Lipinski definition) is 5. The van der Waals surface area contributed by atoms with Crippen molar-refractivity contribution in [3.05, 3.63) is 95.1 Å². The third-order valence-electron chi connectivity index (χ3n) is 7.87. The highest BCUT2D eigenvalue weighted by atomic mass is 19.1. The van der Waals surface area contributed by atoms with E-state index in [9.17, 15) is 14.0 Å². The molecule has 0 unspecified atom stereocenters. The van der Waals surface area contributed by atoms with Crippen molar-refractivity contribution in [2.45, 2.75) is 44.2 Å². The van der Waals surface area contributed by atoms with Crippen molar-refractivity contribution in [3.63, 3.8) is 0 Å². The molecule has 1 aliphatic carbocycles. The highest BCUT2D eigenvalue weighted by Gasteiger charge is 2.25. The first-order valence-corrected chi connectivity index (χ1v) is 13.7. The molecule has 0 spiro atoms. The Bertz CT molecular complexity index is 1250. The van der Waals surface area contributed by atoms with Crippen molar-refractivity contribution in [2.75, 3.05) is 33.3 Å². The number of hydrogen-bond donors (Lipinski definition) is 1. The first kappa shape index (κ1) is 26.8. The number of carbonyl (C=O) groups excluding carboxylic acids is 2. The van der Waals surface area contributed by atoms with Crippen LogP contribution in [0.3, 0.4) is 0 Å². The number of ether oxygens (including phenoxy) is 1. The van der Waals surface area contributed by atoms with Crippen molar-refractivity contribution in [1.29, 1.82) is 0 Å². The van der Waals surface area contributed by atoms with Crippen LogP contribution < -0.4 is 10.1 Å². The second-order valence-electron chi connectivity index (χ2n) is 10.4. The van der Waals surface area contributed by atoms with E-state index in [1.807, 2.05) is 12.1 Å². The molecule has 3 aromatic rings. The normalized spacial score (nSPS) is 19.9. The summed E-state index contributed by atoms with van der Waals surface area (Å²) in [5.41, 5.74) is 3.18. The van der Waals surface area contributed by atoms with E-state index in [1.165, 1.54) is 23.9 Å². The number of nitrogens with one attached hydrogen (secondary N) is 1. The summed E-state index contributed by atoms with van der Waals surface area (Å²) in [5, 5.41) is 3.14. The van der Waals surface area contributed by atoms with Crippen LogP contribution in [0.2, 0.25) is 0 Å². The number of amides is 2. The number of halogens is 1. The monoisotopic (exact) mass is 530 g/mol. The van der Waals surface area contributed by atoms with Gasteiger partial charge in [0.2, 0.25) is 0 Å². The van der Waals surface area contributed by atoms with Gasteiger partial charge in [0, 0.05) is 45.0 Å². The van der Waals surface area contributed by atoms with Gasteiger partial charge in [-0.15, -0.1) is 0 Å². The fourth-order valence-electron chi connectivity index (χ4n) is 5.49. The van der Waals surface area contributed by atoms with Gasteiger partial charge < -0.3 is 15.0 Å². The molecule has 1 N–H and O–H groups in total. The largest absolute Gasteiger partial charge is 0.497 e. The van der Waals surface area contributed by atoms with Gasteiger partial charge in [-0.25, -0.2) is 4.39 Å². The smallest absolute Gasteiger partial charge is 0.272 e. The van der Waals surface area contributed by atoms with Crippen LogP contribution in [0.4, 0.5) is 4.39 Å². The lowest BCUT2D eigenvalue weighted by molar-refractivity contribution is 0.0622. The molecule has 2 amide bonds. The van der Waals surface area contributed by atoms with Crippen molar-refractivity contribution in [3.8, 4) is 5.75 Å². The Morgan fingerprint density at radius 3 is 2.23 bits per heavy atom. The number of carbonyl (C=O) groups is 2. The number of piperazine rings is 1. The molecule has 1 saturated heterocycles. The molecule has 8 heteroatoms. The van der Waals surface area contributed by atoms with Gasteiger partial charge in [-0.2, -0.15) is 0 Å². The molecule has 204 valence electrons. The van der Waals surface area contributed by atoms with E-state index < -0.39 is 0 Å². The molecule has 7 nitrogen and oxygen atoms in total. The Morgan fingerprint density at radius 2 is 1.62 bits per heavy atom. The average Bonchev–Trinajstić information content (AvgIpc) is 2.99. The van der Waals surface area contributed by atoms with E-state index in [4.69, 9.17) is 4.74 Å². The minimum absolute atomic E-state index is 0.125. The predicted molar refractivity (Wildman–Crippen MR) is 147 cm³/mol. The quantitative estimate of drug-likeness (QED) is 0.482. The number of rotatable bonds is 7. The van der Waals surface area contributed by atoms with Crippen LogP contribution in [0.15, 0.2) is 66.9 Å². The maximum atomic E-state index is 13.1. The van der Waals surface area contributed by atoms with Crippen molar-refractivity contribution >= 4 is 11.8 Å². The summed E-state index contributed by atoms with van der Waals surface area (Å²) in [7, 11) is 1.67. The van der Waals surface area contributed by atoms with E-state index in [0.29, 0.717) is 30.3 Å². The zero-order valence-corrected chi connectivity index (χ0v) is 22.3. The Kier molecular flexibility index (Phi) is 8.51. The highest BCUT2D eigenvalue weighted by Crippen LogP contribution is 2.33. The van der Waals surface area contributed by atoms with E-state index in [0.717, 1.165) is 56.6 Å². The van der Waals surface area contributed by atoms with Gasteiger partial charge in [0.1, 0.15) is 17.3 Å². The first-order chi connectivity index (χ1) is 19.0. The fraction of sp³-hybridized carbons (Fsp3) is 0.387. The number of benzene rings is 2. The number of pyridine rings is 1. The summed E-state index contributed by atoms with van der Waals surface area (Å²) >= 11 is 0. The first-order valence-electron chi connectivity index (χ1n) is 13.7. The number of aromatic nitrogens is 1. The van der Waals surface area contributed by atoms with Crippen LogP contribution in [-0.2, 0) is 6.54 Å². The second kappa shape index (κ2) is 12.4. The SMILES string of the molecule is COc1ccc(C2CCC(NC(=O)c3ccc(C(=O)N4CCN(Cc5ccc(F)cc5)CC4)nc3)CC2)cc1. The molecule has 0 bridgehead atoms. The molecule has 2 heterocycles. The van der Waals surface area contributed by atoms with Crippen molar-refractivity contribution in [1.82, 2.24) is 20.1 Å². The summed E-state index contributed by atoms with van der Waals surface area (Å²) in [5.74, 6) is 0.852. The van der Waals surface area contributed by atoms with Gasteiger partial charge in [-0.3, -0.25) is 19.5 Å². The van der Waals surface area contributed by atoms with Gasteiger partial charge in [0.15, 0.2) is 0 Å². The topological polar surface area (TPSA) is 74.8 Å². The molecular weight excluding hydrogens is 495 g/mol. The van der Waals surface area contributed by atoms with Gasteiger partial charge >= 0.3 is 0 Å². The third kappa shape index (κ3) is 6.81. The van der Waals surface area contributed by atoms with Gasteiger partial charge in [-0.05, 0) is 79.1 Å². The Balaban J connectivity index is 1.07. The zero-order valence-electron chi connectivity index (χ0n) is 22.3. The average molecular weight is 531 g/mol. The second-order valence-corrected chi connectivity index (χ2v) is 10.4. The van der Waals surface area contributed by atoms with Crippen molar-refractivity contribution < 1.29 is 18.7 Å². The molecule has 2 aromatic carbocycles. The summed E-state index contributed by atoms with van der Waals surface area (Å²) in [6, 6.07) is 18.3. The van der Waals surface area contributed by atoms with E-state index in [1.54, 1.807) is 36.3 Å². The van der Waals surface area contributed by atoms with E-state index in [-0.39, 0.29) is 23.7 Å². The van der Waals surface area contributed by atoms with Gasteiger partial charge in [0.25, 0.3) is 11.8 Å². The molecule has 2 fully saturated rings. The van der Waals surface area contributed by atoms with Crippen LogP contribution in [0.1, 0.15) is 63.6 Å². The minimum Gasteiger partial charge on any atom is -0.497 e. The maximum Gasteiger partial charge on any atom is 0.272 e. The van der Waals surface area contributed by atoms with E-state index in [2.05, 4.69) is 27.3 Å². The summed E-state index contributed by atoms with van der Waals surface area (Å²) in [4.78, 5) is 34.2. The van der Waals surface area contributed by atoms with Crippen LogP contribution in [0.5, 0.6) is 5.75 Å². The zero-order chi connectivity index (χ0) is 27.2. The predicted octanol–water partition coefficient (Wildman–Crippen LogP) is 4.64. The van der Waals surface area contributed by atoms with Crippen LogP contribution in [-0.4, -0.2) is 65.9 Å². The molecule has 0 radical (unpaired) electrons. The standard InChI is InChI=1S/C31H35FN4O3/c1-39-28-13-6-24(7-14-28)23-4-11-27(12-5-23)34-30(37)25-8-15-29(33-20-25)31(38)36-18-16-35(17-19-36)21-22-2-9-26(32)10-3-22/h2-3,6-10,13-15,20,23,27H,4-5,11-12,16-19,21H2,1H3,(H,34,37). The maximum absolute atomic E-state index is 13.1. The van der Waals surface area contributed by atoms with Crippen LogP contribution in [0, 0.1) is 5.82 Å². The Hall–Kier alpha value is -3.78. The molecule has 1 aliphatic heterocycles. The molecule has 0 atom stereocenters. The minimum atomic E-state index is -0.238. The van der Waals surface area contributed by atoms with Crippen LogP contribution >= 0.6 is 0 Å². The number of nitrogens with zero attached hydrogens (tertiary/aromatic N) is 3. The summed E-state index contributed by atoms with van der Waals surface area (Å²) in [6.07, 6.45) is 5.41. The van der Waals surface area contributed by atoms with Gasteiger partial charge in [-0.1, -0.05) is 24.3 Å². The van der Waals surface area contributed by atoms with Gasteiger partial charge in [0.05, 0.1) is 12.7 Å². The molecule has 1 saturated carbocycles. The molecule has 39 heavy (non-hydrogen) atoms. The summed E-state index contributed by atoms with van der Waals surface area (Å²) < 4.78 is 18.4. The van der Waals surface area contributed by atoms with Crippen LogP contribution in [0.25, 0.3) is 0 Å². The third-order valence-corrected chi connectivity index (χ3v) is 7.87. The molecular formula is C31H35FN4O3. The fourth-order valence-corrected chi connectivity index (χ4v) is 5.49. The molecule has 1 aromatic heterocycles. The van der Waals surface area contributed by atoms with Crippen molar-refractivity contribution in [2.24, 2.45) is 0 Å². The number of methoxy groups -OCH3 is 1. The Labute approximate surface area is 229 Å². The summed E-state index contributed by atoms with van der Waals surface area (Å²) in [6.45, 7) is 3.41. The van der Waals surface area contributed by atoms with E-state index >= 15 is 0 Å².